The highest BCUT2D eigenvalue weighted by Gasteiger charge is 2.34. The Bertz CT molecular complexity index is 896. The Morgan fingerprint density at radius 1 is 1.29 bits per heavy atom. The molecule has 3 heterocycles. The summed E-state index contributed by atoms with van der Waals surface area (Å²) in [4.78, 5) is 7.30. The molecule has 7 nitrogen and oxygen atoms in total. The molecule has 24 heavy (non-hydrogen) atoms. The first-order chi connectivity index (χ1) is 11.4. The topological polar surface area (TPSA) is 72.9 Å². The lowest BCUT2D eigenvalue weighted by molar-refractivity contribution is -0.141. The number of rotatable bonds is 2. The van der Waals surface area contributed by atoms with Crippen molar-refractivity contribution in [2.24, 2.45) is 7.05 Å². The smallest absolute Gasteiger partial charge is 0.363 e. The van der Waals surface area contributed by atoms with Crippen LogP contribution in [0.1, 0.15) is 35.8 Å². The summed E-state index contributed by atoms with van der Waals surface area (Å²) < 4.78 is 42.3. The summed E-state index contributed by atoms with van der Waals surface area (Å²) in [6, 6.07) is 0.838. The number of aromatic nitrogens is 6. The highest BCUT2D eigenvalue weighted by atomic mass is 19.4. The number of hydrogen-bond donors (Lipinski definition) is 1. The summed E-state index contributed by atoms with van der Waals surface area (Å²) >= 11 is 0. The quantitative estimate of drug-likeness (QED) is 0.777. The number of fused-ring (bicyclic) bond motifs is 2. The maximum absolute atomic E-state index is 13.1. The summed E-state index contributed by atoms with van der Waals surface area (Å²) in [6.45, 7) is 0. The Morgan fingerprint density at radius 3 is 2.92 bits per heavy atom. The van der Waals surface area contributed by atoms with E-state index in [2.05, 4.69) is 25.5 Å². The number of nitrogens with one attached hydrogen (secondary N) is 1. The van der Waals surface area contributed by atoms with Crippen LogP contribution in [0.4, 0.5) is 19.0 Å². The van der Waals surface area contributed by atoms with Gasteiger partial charge in [-0.2, -0.15) is 32.9 Å². The first-order valence-corrected chi connectivity index (χ1v) is 7.49. The number of hydrogen-bond acceptors (Lipinski definition) is 5. The van der Waals surface area contributed by atoms with Crippen molar-refractivity contribution in [2.75, 3.05) is 5.32 Å². The van der Waals surface area contributed by atoms with Crippen molar-refractivity contribution in [3.8, 4) is 0 Å². The number of aryl methyl sites for hydroxylation is 1. The molecule has 1 atom stereocenters. The van der Waals surface area contributed by atoms with Gasteiger partial charge in [0.25, 0.3) is 5.78 Å². The van der Waals surface area contributed by atoms with Crippen LogP contribution in [-0.2, 0) is 19.6 Å². The summed E-state index contributed by atoms with van der Waals surface area (Å²) in [6.07, 6.45) is 1.05. The van der Waals surface area contributed by atoms with Crippen LogP contribution >= 0.6 is 0 Å². The number of anilines is 1. The third kappa shape index (κ3) is 2.38. The molecule has 126 valence electrons. The van der Waals surface area contributed by atoms with Gasteiger partial charge in [-0.25, -0.2) is 4.98 Å². The van der Waals surface area contributed by atoms with Gasteiger partial charge < -0.3 is 5.32 Å². The van der Waals surface area contributed by atoms with Crippen LogP contribution in [0.5, 0.6) is 0 Å². The average Bonchev–Trinajstić information content (AvgIpc) is 3.14. The van der Waals surface area contributed by atoms with Crippen molar-refractivity contribution < 1.29 is 13.2 Å². The summed E-state index contributed by atoms with van der Waals surface area (Å²) in [5.74, 6) is 0.126. The molecular formula is C14H14F3N7. The molecule has 4 rings (SSSR count). The van der Waals surface area contributed by atoms with E-state index in [0.717, 1.165) is 36.6 Å². The van der Waals surface area contributed by atoms with E-state index in [1.807, 2.05) is 11.7 Å². The van der Waals surface area contributed by atoms with E-state index in [1.54, 1.807) is 6.20 Å². The minimum Gasteiger partial charge on any atom is -0.363 e. The Labute approximate surface area is 134 Å². The van der Waals surface area contributed by atoms with Gasteiger partial charge in [0.05, 0.1) is 12.2 Å². The predicted octanol–water partition coefficient (Wildman–Crippen LogP) is 2.37. The van der Waals surface area contributed by atoms with E-state index in [1.165, 1.54) is 10.8 Å². The second kappa shape index (κ2) is 5.18. The molecule has 0 saturated carbocycles. The van der Waals surface area contributed by atoms with E-state index in [-0.39, 0.29) is 17.6 Å². The van der Waals surface area contributed by atoms with Crippen LogP contribution in [0.15, 0.2) is 18.6 Å². The van der Waals surface area contributed by atoms with Gasteiger partial charge >= 0.3 is 6.18 Å². The van der Waals surface area contributed by atoms with E-state index in [0.29, 0.717) is 0 Å². The Kier molecular flexibility index (Phi) is 3.22. The Morgan fingerprint density at radius 2 is 2.12 bits per heavy atom. The molecule has 0 saturated heterocycles. The van der Waals surface area contributed by atoms with E-state index in [4.69, 9.17) is 0 Å². The van der Waals surface area contributed by atoms with Crippen LogP contribution in [0, 0.1) is 0 Å². The summed E-state index contributed by atoms with van der Waals surface area (Å²) in [7, 11) is 1.87. The second-order valence-corrected chi connectivity index (χ2v) is 5.76. The lowest BCUT2D eigenvalue weighted by Crippen LogP contribution is -2.20. The normalized spacial score (nSPS) is 17.9. The van der Waals surface area contributed by atoms with E-state index >= 15 is 0 Å². The van der Waals surface area contributed by atoms with Gasteiger partial charge in [0.15, 0.2) is 5.69 Å². The van der Waals surface area contributed by atoms with Gasteiger partial charge in [-0.3, -0.25) is 4.68 Å². The third-order valence-electron chi connectivity index (χ3n) is 4.24. The fourth-order valence-corrected chi connectivity index (χ4v) is 3.09. The zero-order chi connectivity index (χ0) is 16.9. The minimum absolute atomic E-state index is 0.0884. The molecule has 0 fully saturated rings. The van der Waals surface area contributed by atoms with Crippen LogP contribution in [-0.4, -0.2) is 29.4 Å². The average molecular weight is 337 g/mol. The summed E-state index contributed by atoms with van der Waals surface area (Å²) in [5, 5.41) is 11.4. The second-order valence-electron chi connectivity index (χ2n) is 5.76. The molecule has 1 aliphatic carbocycles. The highest BCUT2D eigenvalue weighted by molar-refractivity contribution is 5.48. The van der Waals surface area contributed by atoms with Crippen LogP contribution < -0.4 is 5.32 Å². The fourth-order valence-electron chi connectivity index (χ4n) is 3.09. The fraction of sp³-hybridized carbons (Fsp3) is 0.429. The monoisotopic (exact) mass is 337 g/mol. The van der Waals surface area contributed by atoms with Crippen molar-refractivity contribution in [3.05, 3.63) is 35.5 Å². The Balaban J connectivity index is 1.76. The maximum atomic E-state index is 13.1. The number of nitrogens with zero attached hydrogens (tertiary/aromatic N) is 6. The molecule has 1 aliphatic rings. The van der Waals surface area contributed by atoms with Gasteiger partial charge in [-0.15, -0.1) is 0 Å². The molecule has 0 aromatic carbocycles. The molecule has 3 aromatic rings. The van der Waals surface area contributed by atoms with E-state index < -0.39 is 11.9 Å². The van der Waals surface area contributed by atoms with Crippen molar-refractivity contribution in [1.29, 1.82) is 0 Å². The lowest BCUT2D eigenvalue weighted by Gasteiger charge is -2.25. The molecular weight excluding hydrogens is 323 g/mol. The zero-order valence-corrected chi connectivity index (χ0v) is 12.7. The van der Waals surface area contributed by atoms with Crippen molar-refractivity contribution in [1.82, 2.24) is 29.4 Å². The van der Waals surface area contributed by atoms with Gasteiger partial charge in [0.2, 0.25) is 0 Å². The molecule has 3 aromatic heterocycles. The van der Waals surface area contributed by atoms with Gasteiger partial charge in [-0.1, -0.05) is 0 Å². The summed E-state index contributed by atoms with van der Waals surface area (Å²) in [5.41, 5.74) is 1.11. The SMILES string of the molecule is Cn1ncc2c1CCCC2Nc1cc(C(F)(F)F)nc2ncnn12. The largest absolute Gasteiger partial charge is 0.433 e. The molecule has 0 amide bonds. The molecule has 1 unspecified atom stereocenters. The van der Waals surface area contributed by atoms with Crippen LogP contribution in [0.2, 0.25) is 0 Å². The molecule has 10 heteroatoms. The molecule has 0 bridgehead atoms. The molecule has 0 radical (unpaired) electrons. The first kappa shape index (κ1) is 14.9. The van der Waals surface area contributed by atoms with E-state index in [9.17, 15) is 13.2 Å². The minimum atomic E-state index is -4.55. The van der Waals surface area contributed by atoms with Crippen molar-refractivity contribution in [3.63, 3.8) is 0 Å². The molecule has 1 N–H and O–H groups in total. The van der Waals surface area contributed by atoms with Crippen LogP contribution in [0.3, 0.4) is 0 Å². The number of halogens is 3. The number of alkyl halides is 3. The molecule has 0 spiro atoms. The maximum Gasteiger partial charge on any atom is 0.433 e. The van der Waals surface area contributed by atoms with Gasteiger partial charge in [0, 0.05) is 24.4 Å². The predicted molar refractivity (Wildman–Crippen MR) is 78.3 cm³/mol. The third-order valence-corrected chi connectivity index (χ3v) is 4.24. The van der Waals surface area contributed by atoms with Gasteiger partial charge in [0.1, 0.15) is 12.1 Å². The Hall–Kier alpha value is -2.65. The van der Waals surface area contributed by atoms with Crippen LogP contribution in [0.25, 0.3) is 5.78 Å². The highest BCUT2D eigenvalue weighted by Crippen LogP contribution is 2.34. The standard InChI is InChI=1S/C14H14F3N7/c1-23-10-4-2-3-9(8(10)6-19-23)21-12-5-11(14(15,16)17)22-13-18-7-20-24(12)13/h5-7,9,21H,2-4H2,1H3. The van der Waals surface area contributed by atoms with Gasteiger partial charge in [-0.05, 0) is 19.3 Å². The lowest BCUT2D eigenvalue weighted by atomic mass is 9.93. The first-order valence-electron chi connectivity index (χ1n) is 7.49. The van der Waals surface area contributed by atoms with Crippen molar-refractivity contribution >= 4 is 11.6 Å². The van der Waals surface area contributed by atoms with Crippen molar-refractivity contribution in [2.45, 2.75) is 31.5 Å². The molecule has 0 aliphatic heterocycles. The zero-order valence-electron chi connectivity index (χ0n) is 12.7.